The van der Waals surface area contributed by atoms with Crippen molar-refractivity contribution in [3.05, 3.63) is 52.7 Å². The van der Waals surface area contributed by atoms with E-state index in [9.17, 15) is 0 Å². The van der Waals surface area contributed by atoms with Crippen LogP contribution in [0, 0.1) is 18.3 Å². The van der Waals surface area contributed by atoms with Crippen molar-refractivity contribution in [1.29, 1.82) is 5.26 Å². The van der Waals surface area contributed by atoms with Crippen LogP contribution in [0.4, 0.5) is 11.5 Å². The summed E-state index contributed by atoms with van der Waals surface area (Å²) in [6.07, 6.45) is 0.916. The van der Waals surface area contributed by atoms with Crippen LogP contribution in [-0.2, 0) is 13.0 Å². The largest absolute Gasteiger partial charge is 0.398 e. The Kier molecular flexibility index (Phi) is 3.03. The Morgan fingerprint density at radius 3 is 3.00 bits per heavy atom. The molecule has 0 aliphatic carbocycles. The van der Waals surface area contributed by atoms with Crippen molar-refractivity contribution in [2.75, 3.05) is 17.2 Å². The molecule has 3 rings (SSSR count). The minimum Gasteiger partial charge on any atom is -0.398 e. The number of rotatable bonds is 1. The van der Waals surface area contributed by atoms with Gasteiger partial charge >= 0.3 is 0 Å². The average molecular weight is 264 g/mol. The molecule has 0 unspecified atom stereocenters. The van der Waals surface area contributed by atoms with E-state index < -0.39 is 0 Å². The topological polar surface area (TPSA) is 65.9 Å². The van der Waals surface area contributed by atoms with Gasteiger partial charge in [-0.1, -0.05) is 12.1 Å². The Hall–Kier alpha value is -2.54. The van der Waals surface area contributed by atoms with Crippen LogP contribution >= 0.6 is 0 Å². The Bertz CT molecular complexity index is 700. The van der Waals surface area contributed by atoms with Crippen molar-refractivity contribution in [3.63, 3.8) is 0 Å². The summed E-state index contributed by atoms with van der Waals surface area (Å²) in [6.45, 7) is 3.59. The van der Waals surface area contributed by atoms with Crippen LogP contribution in [-0.4, -0.2) is 11.5 Å². The monoisotopic (exact) mass is 264 g/mol. The minimum absolute atomic E-state index is 0.658. The second-order valence-electron chi connectivity index (χ2n) is 5.12. The molecular weight excluding hydrogens is 248 g/mol. The molecule has 0 bridgehead atoms. The van der Waals surface area contributed by atoms with Crippen LogP contribution in [0.25, 0.3) is 0 Å². The maximum Gasteiger partial charge on any atom is 0.130 e. The van der Waals surface area contributed by atoms with Crippen LogP contribution in [0.5, 0.6) is 0 Å². The third-order valence-electron chi connectivity index (χ3n) is 3.70. The number of aryl methyl sites for hydroxylation is 1. The molecule has 0 amide bonds. The van der Waals surface area contributed by atoms with Gasteiger partial charge < -0.3 is 10.6 Å². The van der Waals surface area contributed by atoms with Gasteiger partial charge in [0.25, 0.3) is 0 Å². The molecule has 2 N–H and O–H groups in total. The van der Waals surface area contributed by atoms with Crippen molar-refractivity contribution in [2.24, 2.45) is 0 Å². The summed E-state index contributed by atoms with van der Waals surface area (Å²) < 4.78 is 0. The van der Waals surface area contributed by atoms with E-state index in [1.807, 2.05) is 25.1 Å². The lowest BCUT2D eigenvalue weighted by Crippen LogP contribution is -2.31. The number of nitrogens with zero attached hydrogens (tertiary/aromatic N) is 3. The smallest absolute Gasteiger partial charge is 0.130 e. The molecule has 0 saturated heterocycles. The number of anilines is 2. The van der Waals surface area contributed by atoms with Crippen LogP contribution in [0.15, 0.2) is 30.3 Å². The van der Waals surface area contributed by atoms with E-state index in [2.05, 4.69) is 22.0 Å². The molecule has 0 radical (unpaired) electrons. The zero-order chi connectivity index (χ0) is 14.1. The quantitative estimate of drug-likeness (QED) is 0.803. The SMILES string of the molecule is Cc1cc(C#N)cc(N2CCc3c(N)cccc3C2)n1. The molecule has 2 aromatic rings. The van der Waals surface area contributed by atoms with E-state index in [-0.39, 0.29) is 0 Å². The standard InChI is InChI=1S/C16H16N4/c1-11-7-12(9-17)8-16(19-11)20-6-5-14-13(10-20)3-2-4-15(14)18/h2-4,7-8H,5-6,10,18H2,1H3. The highest BCUT2D eigenvalue weighted by atomic mass is 15.2. The predicted octanol–water partition coefficient (Wildman–Crippen LogP) is 2.41. The van der Waals surface area contributed by atoms with Crippen molar-refractivity contribution in [3.8, 4) is 6.07 Å². The van der Waals surface area contributed by atoms with Crippen LogP contribution < -0.4 is 10.6 Å². The van der Waals surface area contributed by atoms with Gasteiger partial charge in [-0.05, 0) is 42.7 Å². The zero-order valence-electron chi connectivity index (χ0n) is 11.4. The number of pyridine rings is 1. The van der Waals surface area contributed by atoms with Crippen molar-refractivity contribution in [1.82, 2.24) is 4.98 Å². The fourth-order valence-electron chi connectivity index (χ4n) is 2.71. The first-order chi connectivity index (χ1) is 9.67. The van der Waals surface area contributed by atoms with Crippen LogP contribution in [0.2, 0.25) is 0 Å². The molecule has 20 heavy (non-hydrogen) atoms. The summed E-state index contributed by atoms with van der Waals surface area (Å²) >= 11 is 0. The number of aromatic nitrogens is 1. The van der Waals surface area contributed by atoms with E-state index in [1.165, 1.54) is 11.1 Å². The van der Waals surface area contributed by atoms with E-state index >= 15 is 0 Å². The fraction of sp³-hybridized carbons (Fsp3) is 0.250. The molecule has 2 heterocycles. The highest BCUT2D eigenvalue weighted by molar-refractivity contribution is 5.56. The molecule has 1 aliphatic heterocycles. The lowest BCUT2D eigenvalue weighted by Gasteiger charge is -2.30. The second kappa shape index (κ2) is 4.86. The number of nitrogen functional groups attached to an aromatic ring is 1. The molecule has 1 aromatic carbocycles. The molecule has 100 valence electrons. The first-order valence-corrected chi connectivity index (χ1v) is 6.67. The molecule has 0 atom stereocenters. The number of fused-ring (bicyclic) bond motifs is 1. The summed E-state index contributed by atoms with van der Waals surface area (Å²) in [5.41, 5.74) is 10.9. The Balaban J connectivity index is 1.95. The van der Waals surface area contributed by atoms with Crippen LogP contribution in [0.1, 0.15) is 22.4 Å². The van der Waals surface area contributed by atoms with Gasteiger partial charge in [-0.3, -0.25) is 0 Å². The highest BCUT2D eigenvalue weighted by Crippen LogP contribution is 2.27. The summed E-state index contributed by atoms with van der Waals surface area (Å²) in [6, 6.07) is 11.9. The first-order valence-electron chi connectivity index (χ1n) is 6.67. The number of hydrogen-bond acceptors (Lipinski definition) is 4. The minimum atomic E-state index is 0.658. The van der Waals surface area contributed by atoms with E-state index in [0.29, 0.717) is 5.56 Å². The third kappa shape index (κ3) is 2.19. The number of benzene rings is 1. The normalized spacial score (nSPS) is 13.7. The van der Waals surface area contributed by atoms with Crippen molar-refractivity contribution >= 4 is 11.5 Å². The van der Waals surface area contributed by atoms with Gasteiger partial charge in [0.15, 0.2) is 0 Å². The molecule has 1 aliphatic rings. The average Bonchev–Trinajstić information content (AvgIpc) is 2.46. The number of hydrogen-bond donors (Lipinski definition) is 1. The van der Waals surface area contributed by atoms with Crippen molar-refractivity contribution in [2.45, 2.75) is 19.9 Å². The third-order valence-corrected chi connectivity index (χ3v) is 3.70. The van der Waals surface area contributed by atoms with Gasteiger partial charge in [-0.2, -0.15) is 5.26 Å². The first kappa shape index (κ1) is 12.5. The van der Waals surface area contributed by atoms with Gasteiger partial charge in [-0.25, -0.2) is 4.98 Å². The lowest BCUT2D eigenvalue weighted by molar-refractivity contribution is 0.721. The summed E-state index contributed by atoms with van der Waals surface area (Å²) in [5.74, 6) is 0.870. The maximum atomic E-state index is 9.07. The molecule has 0 fully saturated rings. The Morgan fingerprint density at radius 2 is 2.20 bits per heavy atom. The van der Waals surface area contributed by atoms with Crippen LogP contribution in [0.3, 0.4) is 0 Å². The lowest BCUT2D eigenvalue weighted by atomic mass is 9.98. The molecule has 0 spiro atoms. The Labute approximate surface area is 118 Å². The zero-order valence-corrected chi connectivity index (χ0v) is 11.4. The molecular formula is C16H16N4. The van der Waals surface area contributed by atoms with Gasteiger partial charge in [0, 0.05) is 24.5 Å². The van der Waals surface area contributed by atoms with E-state index in [4.69, 9.17) is 11.0 Å². The van der Waals surface area contributed by atoms with E-state index in [0.717, 1.165) is 36.7 Å². The molecule has 1 aromatic heterocycles. The Morgan fingerprint density at radius 1 is 1.35 bits per heavy atom. The maximum absolute atomic E-state index is 9.07. The predicted molar refractivity (Wildman–Crippen MR) is 79.3 cm³/mol. The second-order valence-corrected chi connectivity index (χ2v) is 5.12. The molecule has 4 nitrogen and oxygen atoms in total. The number of nitriles is 1. The van der Waals surface area contributed by atoms with Gasteiger partial charge in [0.1, 0.15) is 5.82 Å². The van der Waals surface area contributed by atoms with Gasteiger partial charge in [0.2, 0.25) is 0 Å². The molecule has 0 saturated carbocycles. The summed E-state index contributed by atoms with van der Waals surface area (Å²) in [4.78, 5) is 6.75. The van der Waals surface area contributed by atoms with Gasteiger partial charge in [-0.15, -0.1) is 0 Å². The van der Waals surface area contributed by atoms with Gasteiger partial charge in [0.05, 0.1) is 11.6 Å². The number of nitrogens with two attached hydrogens (primary N) is 1. The van der Waals surface area contributed by atoms with Crippen molar-refractivity contribution < 1.29 is 0 Å². The summed E-state index contributed by atoms with van der Waals surface area (Å²) in [5, 5.41) is 9.07. The van der Waals surface area contributed by atoms with E-state index in [1.54, 1.807) is 6.07 Å². The summed E-state index contributed by atoms with van der Waals surface area (Å²) in [7, 11) is 0. The fourth-order valence-corrected chi connectivity index (χ4v) is 2.71. The molecule has 4 heteroatoms. The highest BCUT2D eigenvalue weighted by Gasteiger charge is 2.19.